The Morgan fingerprint density at radius 3 is 2.67 bits per heavy atom. The Morgan fingerprint density at radius 2 is 2.11 bits per heavy atom. The van der Waals surface area contributed by atoms with Crippen LogP contribution in [0.2, 0.25) is 0 Å². The maximum atomic E-state index is 11.5. The van der Waals surface area contributed by atoms with Crippen molar-refractivity contribution in [1.29, 1.82) is 0 Å². The highest BCUT2D eigenvalue weighted by Crippen LogP contribution is 2.33. The average Bonchev–Trinajstić information content (AvgIpc) is 2.38. The van der Waals surface area contributed by atoms with E-state index in [0.29, 0.717) is 19.6 Å². The highest BCUT2D eigenvalue weighted by molar-refractivity contribution is 5.75. The van der Waals surface area contributed by atoms with Crippen LogP contribution in [-0.2, 0) is 9.53 Å². The number of nitrogens with one attached hydrogen (secondary N) is 1. The lowest BCUT2D eigenvalue weighted by Gasteiger charge is -2.35. The predicted octanol–water partition coefficient (Wildman–Crippen LogP) is 1.86. The summed E-state index contributed by atoms with van der Waals surface area (Å²) in [4.78, 5) is 11.5. The zero-order chi connectivity index (χ0) is 13.4. The van der Waals surface area contributed by atoms with Gasteiger partial charge < -0.3 is 15.2 Å². The molecule has 1 amide bonds. The molecule has 1 aliphatic carbocycles. The van der Waals surface area contributed by atoms with Gasteiger partial charge in [0.2, 0.25) is 5.91 Å². The van der Waals surface area contributed by atoms with E-state index in [1.807, 2.05) is 0 Å². The Balaban J connectivity index is 2.19. The van der Waals surface area contributed by atoms with Crippen molar-refractivity contribution >= 4 is 5.91 Å². The molecule has 4 nitrogen and oxygen atoms in total. The minimum Gasteiger partial charge on any atom is -0.388 e. The van der Waals surface area contributed by atoms with Gasteiger partial charge in [-0.1, -0.05) is 13.3 Å². The first kappa shape index (κ1) is 15.4. The molecule has 2 N–H and O–H groups in total. The third-order valence-corrected chi connectivity index (χ3v) is 3.98. The third kappa shape index (κ3) is 5.36. The van der Waals surface area contributed by atoms with Gasteiger partial charge in [-0.2, -0.15) is 0 Å². The van der Waals surface area contributed by atoms with Gasteiger partial charge >= 0.3 is 0 Å². The van der Waals surface area contributed by atoms with Gasteiger partial charge in [0.25, 0.3) is 0 Å². The van der Waals surface area contributed by atoms with Crippen molar-refractivity contribution in [3.8, 4) is 0 Å². The summed E-state index contributed by atoms with van der Waals surface area (Å²) >= 11 is 0. The number of aliphatic hydroxyl groups is 1. The lowest BCUT2D eigenvalue weighted by molar-refractivity contribution is -0.123. The summed E-state index contributed by atoms with van der Waals surface area (Å²) < 4.78 is 4.90. The van der Waals surface area contributed by atoms with Crippen molar-refractivity contribution < 1.29 is 14.6 Å². The van der Waals surface area contributed by atoms with Gasteiger partial charge in [0, 0.05) is 26.7 Å². The highest BCUT2D eigenvalue weighted by Gasteiger charge is 2.32. The zero-order valence-electron chi connectivity index (χ0n) is 11.7. The molecular formula is C14H27NO3. The van der Waals surface area contributed by atoms with Gasteiger partial charge in [0.15, 0.2) is 0 Å². The Kier molecular flexibility index (Phi) is 6.65. The summed E-state index contributed by atoms with van der Waals surface area (Å²) in [5.74, 6) is 0.765. The summed E-state index contributed by atoms with van der Waals surface area (Å²) in [5, 5.41) is 13.2. The number of ether oxygens (including phenoxy) is 1. The van der Waals surface area contributed by atoms with Crippen molar-refractivity contribution in [2.75, 3.05) is 20.3 Å². The second-order valence-electron chi connectivity index (χ2n) is 5.45. The predicted molar refractivity (Wildman–Crippen MR) is 71.3 cm³/mol. The van der Waals surface area contributed by atoms with Crippen molar-refractivity contribution in [3.63, 3.8) is 0 Å². The zero-order valence-corrected chi connectivity index (χ0v) is 11.7. The van der Waals surface area contributed by atoms with Crippen LogP contribution in [0.15, 0.2) is 0 Å². The van der Waals surface area contributed by atoms with Gasteiger partial charge in [0.05, 0.1) is 5.60 Å². The molecule has 1 fully saturated rings. The maximum Gasteiger partial charge on any atom is 0.220 e. The number of methoxy groups -OCH3 is 1. The Labute approximate surface area is 110 Å². The lowest BCUT2D eigenvalue weighted by atomic mass is 9.78. The number of hydrogen-bond acceptors (Lipinski definition) is 3. The third-order valence-electron chi connectivity index (χ3n) is 3.98. The number of hydrogen-bond donors (Lipinski definition) is 2. The fraction of sp³-hybridized carbons (Fsp3) is 0.929. The van der Waals surface area contributed by atoms with E-state index in [-0.39, 0.29) is 5.91 Å². The van der Waals surface area contributed by atoms with Crippen molar-refractivity contribution in [1.82, 2.24) is 5.32 Å². The van der Waals surface area contributed by atoms with Gasteiger partial charge in [-0.25, -0.2) is 0 Å². The first-order chi connectivity index (χ1) is 8.59. The van der Waals surface area contributed by atoms with E-state index in [0.717, 1.165) is 38.0 Å². The van der Waals surface area contributed by atoms with E-state index in [1.54, 1.807) is 7.11 Å². The van der Waals surface area contributed by atoms with Crippen LogP contribution in [0.25, 0.3) is 0 Å². The molecule has 4 heteroatoms. The standard InChI is InChI=1S/C14H27NO3/c1-3-12-6-8-14(17,9-7-12)11-15-13(16)5-4-10-18-2/h12,17H,3-11H2,1-2H3,(H,15,16). The van der Waals surface area contributed by atoms with E-state index >= 15 is 0 Å². The molecular weight excluding hydrogens is 230 g/mol. The average molecular weight is 257 g/mol. The number of rotatable bonds is 7. The van der Waals surface area contributed by atoms with Gasteiger partial charge in [-0.15, -0.1) is 0 Å². The molecule has 18 heavy (non-hydrogen) atoms. The molecule has 0 atom stereocenters. The van der Waals surface area contributed by atoms with Crippen LogP contribution in [0, 0.1) is 5.92 Å². The molecule has 0 aromatic heterocycles. The van der Waals surface area contributed by atoms with Crippen LogP contribution in [0.5, 0.6) is 0 Å². The molecule has 1 rings (SSSR count). The second kappa shape index (κ2) is 7.74. The summed E-state index contributed by atoms with van der Waals surface area (Å²) in [6, 6.07) is 0. The Morgan fingerprint density at radius 1 is 1.44 bits per heavy atom. The molecule has 0 radical (unpaired) electrons. The number of amides is 1. The summed E-state index contributed by atoms with van der Waals surface area (Å²) in [7, 11) is 1.63. The fourth-order valence-corrected chi connectivity index (χ4v) is 2.53. The van der Waals surface area contributed by atoms with Crippen molar-refractivity contribution in [2.45, 2.75) is 57.5 Å². The van der Waals surface area contributed by atoms with E-state index in [9.17, 15) is 9.90 Å². The van der Waals surface area contributed by atoms with Crippen molar-refractivity contribution in [3.05, 3.63) is 0 Å². The SMILES string of the molecule is CCC1CCC(O)(CNC(=O)CCCOC)CC1. The van der Waals surface area contributed by atoms with Crippen LogP contribution >= 0.6 is 0 Å². The maximum absolute atomic E-state index is 11.5. The molecule has 0 aromatic rings. The van der Waals surface area contributed by atoms with Crippen LogP contribution in [-0.4, -0.2) is 36.9 Å². The first-order valence-electron chi connectivity index (χ1n) is 7.07. The van der Waals surface area contributed by atoms with Gasteiger partial charge in [0.1, 0.15) is 0 Å². The van der Waals surface area contributed by atoms with Gasteiger partial charge in [-0.05, 0) is 38.0 Å². The van der Waals surface area contributed by atoms with Crippen molar-refractivity contribution in [2.24, 2.45) is 5.92 Å². The van der Waals surface area contributed by atoms with Crippen LogP contribution in [0.3, 0.4) is 0 Å². The molecule has 0 unspecified atom stereocenters. The molecule has 0 aromatic carbocycles. The van der Waals surface area contributed by atoms with E-state index in [2.05, 4.69) is 12.2 Å². The van der Waals surface area contributed by atoms with Crippen LogP contribution in [0.1, 0.15) is 51.9 Å². The van der Waals surface area contributed by atoms with E-state index < -0.39 is 5.60 Å². The van der Waals surface area contributed by atoms with E-state index in [4.69, 9.17) is 4.74 Å². The monoisotopic (exact) mass is 257 g/mol. The largest absolute Gasteiger partial charge is 0.388 e. The summed E-state index contributed by atoms with van der Waals surface area (Å²) in [5.41, 5.74) is -0.678. The normalized spacial score (nSPS) is 28.1. The Bertz CT molecular complexity index is 247. The highest BCUT2D eigenvalue weighted by atomic mass is 16.5. The van der Waals surface area contributed by atoms with Crippen LogP contribution < -0.4 is 5.32 Å². The Hall–Kier alpha value is -0.610. The smallest absolute Gasteiger partial charge is 0.220 e. The summed E-state index contributed by atoms with van der Waals surface area (Å²) in [6.45, 7) is 3.21. The topological polar surface area (TPSA) is 58.6 Å². The molecule has 106 valence electrons. The molecule has 1 aliphatic rings. The minimum absolute atomic E-state index is 0.0121. The lowest BCUT2D eigenvalue weighted by Crippen LogP contribution is -2.45. The molecule has 0 heterocycles. The second-order valence-corrected chi connectivity index (χ2v) is 5.45. The number of carbonyl (C=O) groups excluding carboxylic acids is 1. The quantitative estimate of drug-likeness (QED) is 0.684. The number of carbonyl (C=O) groups is 1. The molecule has 1 saturated carbocycles. The summed E-state index contributed by atoms with van der Waals surface area (Å²) in [6.07, 6.45) is 6.17. The molecule has 0 aliphatic heterocycles. The molecule has 0 bridgehead atoms. The molecule has 0 saturated heterocycles. The first-order valence-corrected chi connectivity index (χ1v) is 7.07. The van der Waals surface area contributed by atoms with E-state index in [1.165, 1.54) is 6.42 Å². The van der Waals surface area contributed by atoms with Crippen LogP contribution in [0.4, 0.5) is 0 Å². The van der Waals surface area contributed by atoms with Gasteiger partial charge in [-0.3, -0.25) is 4.79 Å². The molecule has 0 spiro atoms. The fourth-order valence-electron chi connectivity index (χ4n) is 2.53. The minimum atomic E-state index is -0.678.